The number of phenols is 1. The third-order valence-electron chi connectivity index (χ3n) is 4.04. The van der Waals surface area contributed by atoms with Gasteiger partial charge in [0.25, 0.3) is 0 Å². The lowest BCUT2D eigenvalue weighted by Crippen LogP contribution is -2.15. The number of hydrogen-bond acceptors (Lipinski definition) is 2. The summed E-state index contributed by atoms with van der Waals surface area (Å²) in [6.07, 6.45) is 6.19. The van der Waals surface area contributed by atoms with Crippen LogP contribution in [-0.4, -0.2) is 10.9 Å². The largest absolute Gasteiger partial charge is 0.508 e. The Morgan fingerprint density at radius 2 is 1.95 bits per heavy atom. The second kappa shape index (κ2) is 6.04. The molecule has 104 valence electrons. The van der Waals surface area contributed by atoms with Gasteiger partial charge in [0, 0.05) is 4.90 Å². The molecule has 1 nitrogen and oxygen atoms in total. The van der Waals surface area contributed by atoms with E-state index in [1.807, 2.05) is 23.9 Å². The van der Waals surface area contributed by atoms with Crippen molar-refractivity contribution in [2.24, 2.45) is 11.3 Å². The summed E-state index contributed by atoms with van der Waals surface area (Å²) in [4.78, 5) is 1.24. The molecule has 1 aliphatic rings. The summed E-state index contributed by atoms with van der Waals surface area (Å²) in [5.41, 5.74) is 1.97. The fraction of sp³-hybridized carbons (Fsp3) is 0.529. The van der Waals surface area contributed by atoms with Gasteiger partial charge in [0.15, 0.2) is 0 Å². The average molecular weight is 276 g/mol. The van der Waals surface area contributed by atoms with Gasteiger partial charge in [-0.15, -0.1) is 11.8 Å². The van der Waals surface area contributed by atoms with E-state index < -0.39 is 0 Å². The number of rotatable bonds is 5. The summed E-state index contributed by atoms with van der Waals surface area (Å²) in [6, 6.07) is 7.50. The molecule has 0 spiro atoms. The van der Waals surface area contributed by atoms with Gasteiger partial charge in [-0.1, -0.05) is 32.4 Å². The zero-order chi connectivity index (χ0) is 13.9. The molecule has 0 saturated heterocycles. The zero-order valence-corrected chi connectivity index (χ0v) is 13.0. The molecule has 0 bridgehead atoms. The van der Waals surface area contributed by atoms with Crippen LogP contribution >= 0.6 is 11.8 Å². The van der Waals surface area contributed by atoms with Crippen molar-refractivity contribution in [1.82, 2.24) is 0 Å². The lowest BCUT2D eigenvalue weighted by Gasteiger charge is -2.27. The van der Waals surface area contributed by atoms with Gasteiger partial charge in [-0.3, -0.25) is 0 Å². The Morgan fingerprint density at radius 1 is 1.26 bits per heavy atom. The third-order valence-corrected chi connectivity index (χ3v) is 5.05. The van der Waals surface area contributed by atoms with Crippen molar-refractivity contribution in [1.29, 1.82) is 0 Å². The van der Waals surface area contributed by atoms with Crippen LogP contribution in [0.1, 0.15) is 40.0 Å². The Labute approximate surface area is 121 Å². The first kappa shape index (κ1) is 14.5. The molecule has 1 atom stereocenters. The summed E-state index contributed by atoms with van der Waals surface area (Å²) >= 11 is 1.88. The van der Waals surface area contributed by atoms with Crippen LogP contribution in [0.3, 0.4) is 0 Å². The molecule has 2 rings (SSSR count). The minimum atomic E-state index is 0.328. The van der Waals surface area contributed by atoms with E-state index in [-0.39, 0.29) is 0 Å². The van der Waals surface area contributed by atoms with E-state index in [1.165, 1.54) is 24.2 Å². The fourth-order valence-corrected chi connectivity index (χ4v) is 3.74. The maximum Gasteiger partial charge on any atom is 0.115 e. The minimum Gasteiger partial charge on any atom is -0.508 e. The van der Waals surface area contributed by atoms with Crippen molar-refractivity contribution in [3.63, 3.8) is 0 Å². The van der Waals surface area contributed by atoms with Crippen molar-refractivity contribution in [3.05, 3.63) is 35.9 Å². The molecule has 19 heavy (non-hydrogen) atoms. The quantitative estimate of drug-likeness (QED) is 0.585. The SMILES string of the molecule is CC1CC=C(C(C)(C)CCSc2ccc(O)cc2)C1. The summed E-state index contributed by atoms with van der Waals surface area (Å²) in [5.74, 6) is 2.30. The first-order chi connectivity index (χ1) is 8.97. The van der Waals surface area contributed by atoms with E-state index in [4.69, 9.17) is 0 Å². The van der Waals surface area contributed by atoms with E-state index in [0.29, 0.717) is 11.2 Å². The molecule has 0 amide bonds. The molecule has 2 heteroatoms. The first-order valence-electron chi connectivity index (χ1n) is 7.09. The average Bonchev–Trinajstić information content (AvgIpc) is 2.79. The zero-order valence-electron chi connectivity index (χ0n) is 12.1. The van der Waals surface area contributed by atoms with Crippen LogP contribution in [0.25, 0.3) is 0 Å². The van der Waals surface area contributed by atoms with Crippen LogP contribution < -0.4 is 0 Å². The van der Waals surface area contributed by atoms with Gasteiger partial charge in [0.1, 0.15) is 5.75 Å². The Bertz CT molecular complexity index is 445. The molecule has 1 aromatic rings. The van der Waals surface area contributed by atoms with E-state index in [2.05, 4.69) is 26.8 Å². The Hall–Kier alpha value is -0.890. The van der Waals surface area contributed by atoms with E-state index in [0.717, 1.165) is 11.7 Å². The standard InChI is InChI=1S/C17H24OS/c1-13-4-5-14(12-13)17(2,3)10-11-19-16-8-6-15(18)7-9-16/h5-9,13,18H,4,10-12H2,1-3H3. The van der Waals surface area contributed by atoms with Crippen LogP contribution in [0, 0.1) is 11.3 Å². The van der Waals surface area contributed by atoms with Gasteiger partial charge in [-0.25, -0.2) is 0 Å². The number of benzene rings is 1. The molecule has 1 unspecified atom stereocenters. The van der Waals surface area contributed by atoms with Crippen molar-refractivity contribution in [2.45, 2.75) is 44.9 Å². The second-order valence-electron chi connectivity index (χ2n) is 6.25. The first-order valence-corrected chi connectivity index (χ1v) is 8.07. The van der Waals surface area contributed by atoms with Crippen LogP contribution in [0.15, 0.2) is 40.8 Å². The Kier molecular flexibility index (Phi) is 4.62. The highest BCUT2D eigenvalue weighted by Gasteiger charge is 2.27. The van der Waals surface area contributed by atoms with Gasteiger partial charge in [-0.05, 0) is 60.6 Å². The molecular formula is C17H24OS. The number of aromatic hydroxyl groups is 1. The van der Waals surface area contributed by atoms with Crippen LogP contribution in [0.5, 0.6) is 5.75 Å². The molecule has 0 fully saturated rings. The molecule has 0 aromatic heterocycles. The summed E-state index contributed by atoms with van der Waals surface area (Å²) < 4.78 is 0. The highest BCUT2D eigenvalue weighted by atomic mass is 32.2. The van der Waals surface area contributed by atoms with Crippen LogP contribution in [0.2, 0.25) is 0 Å². The van der Waals surface area contributed by atoms with E-state index in [1.54, 1.807) is 17.7 Å². The maximum absolute atomic E-state index is 9.26. The maximum atomic E-state index is 9.26. The summed E-state index contributed by atoms with van der Waals surface area (Å²) in [7, 11) is 0. The van der Waals surface area contributed by atoms with E-state index in [9.17, 15) is 5.11 Å². The Balaban J connectivity index is 1.83. The monoisotopic (exact) mass is 276 g/mol. The molecule has 0 saturated carbocycles. The molecule has 0 aliphatic heterocycles. The lowest BCUT2D eigenvalue weighted by molar-refractivity contribution is 0.411. The Morgan fingerprint density at radius 3 is 2.53 bits per heavy atom. The molecular weight excluding hydrogens is 252 g/mol. The van der Waals surface area contributed by atoms with Gasteiger partial charge in [0.2, 0.25) is 0 Å². The van der Waals surface area contributed by atoms with Crippen molar-refractivity contribution >= 4 is 11.8 Å². The number of thioether (sulfide) groups is 1. The van der Waals surface area contributed by atoms with Gasteiger partial charge >= 0.3 is 0 Å². The highest BCUT2D eigenvalue weighted by Crippen LogP contribution is 2.40. The van der Waals surface area contributed by atoms with E-state index >= 15 is 0 Å². The number of hydrogen-bond donors (Lipinski definition) is 1. The molecule has 1 aromatic carbocycles. The lowest BCUT2D eigenvalue weighted by atomic mass is 9.80. The van der Waals surface area contributed by atoms with Crippen molar-refractivity contribution in [3.8, 4) is 5.75 Å². The third kappa shape index (κ3) is 4.04. The molecule has 1 aliphatic carbocycles. The van der Waals surface area contributed by atoms with Crippen molar-refractivity contribution in [2.75, 3.05) is 5.75 Å². The summed E-state index contributed by atoms with van der Waals surface area (Å²) in [5, 5.41) is 9.26. The molecule has 0 radical (unpaired) electrons. The fourth-order valence-electron chi connectivity index (χ4n) is 2.57. The smallest absolute Gasteiger partial charge is 0.115 e. The van der Waals surface area contributed by atoms with Crippen LogP contribution in [-0.2, 0) is 0 Å². The van der Waals surface area contributed by atoms with Gasteiger partial charge in [-0.2, -0.15) is 0 Å². The number of phenolic OH excluding ortho intramolecular Hbond substituents is 1. The topological polar surface area (TPSA) is 20.2 Å². The normalized spacial score (nSPS) is 19.5. The summed E-state index contributed by atoms with van der Waals surface area (Å²) in [6.45, 7) is 7.08. The van der Waals surface area contributed by atoms with Crippen LogP contribution in [0.4, 0.5) is 0 Å². The minimum absolute atomic E-state index is 0.328. The second-order valence-corrected chi connectivity index (χ2v) is 7.42. The van der Waals surface area contributed by atoms with Gasteiger partial charge < -0.3 is 5.11 Å². The highest BCUT2D eigenvalue weighted by molar-refractivity contribution is 7.99. The molecule has 0 heterocycles. The number of allylic oxidation sites excluding steroid dienone is 2. The predicted octanol–water partition coefficient (Wildman–Crippen LogP) is 5.26. The molecule has 1 N–H and O–H groups in total. The predicted molar refractivity (Wildman–Crippen MR) is 83.7 cm³/mol. The van der Waals surface area contributed by atoms with Gasteiger partial charge in [0.05, 0.1) is 0 Å². The van der Waals surface area contributed by atoms with Crippen molar-refractivity contribution < 1.29 is 5.11 Å².